The number of hydrogen-bond acceptors (Lipinski definition) is 6. The van der Waals surface area contributed by atoms with Gasteiger partial charge in [-0.15, -0.1) is 0 Å². The van der Waals surface area contributed by atoms with Crippen LogP contribution in [0.1, 0.15) is 11.1 Å². The lowest BCUT2D eigenvalue weighted by Gasteiger charge is -2.45. The van der Waals surface area contributed by atoms with Crippen LogP contribution < -0.4 is 19.3 Å². The van der Waals surface area contributed by atoms with Crippen molar-refractivity contribution in [3.8, 4) is 34.3 Å². The number of nitrogens with one attached hydrogen (secondary N) is 2. The van der Waals surface area contributed by atoms with Gasteiger partial charge in [-0.25, -0.2) is 9.97 Å². The van der Waals surface area contributed by atoms with Gasteiger partial charge in [0.2, 0.25) is 0 Å². The van der Waals surface area contributed by atoms with Crippen LogP contribution in [0.3, 0.4) is 0 Å². The largest absolute Gasteiger partial charge is 0.497 e. The lowest BCUT2D eigenvalue weighted by molar-refractivity contribution is 0.415. The number of anilines is 2. The molecule has 8 heteroatoms. The molecule has 6 aromatic rings. The van der Waals surface area contributed by atoms with Crippen molar-refractivity contribution in [3.63, 3.8) is 0 Å². The van der Waals surface area contributed by atoms with Crippen molar-refractivity contribution in [1.82, 2.24) is 19.9 Å². The van der Waals surface area contributed by atoms with Gasteiger partial charge < -0.3 is 29.2 Å². The summed E-state index contributed by atoms with van der Waals surface area (Å²) >= 11 is 0. The summed E-state index contributed by atoms with van der Waals surface area (Å²) in [4.78, 5) is 21.5. The molecule has 0 radical (unpaired) electrons. The molecule has 2 aromatic heterocycles. The van der Waals surface area contributed by atoms with Gasteiger partial charge in [0.1, 0.15) is 23.1 Å². The zero-order valence-electron chi connectivity index (χ0n) is 21.7. The van der Waals surface area contributed by atoms with E-state index >= 15 is 0 Å². The van der Waals surface area contributed by atoms with E-state index in [1.165, 1.54) is 22.5 Å². The van der Waals surface area contributed by atoms with Crippen molar-refractivity contribution in [2.24, 2.45) is 0 Å². The molecule has 2 bridgehead atoms. The Hall–Kier alpha value is -4.98. The molecule has 8 nitrogen and oxygen atoms in total. The lowest BCUT2D eigenvalue weighted by Crippen LogP contribution is -2.46. The molecule has 8 rings (SSSR count). The number of H-pyrrole nitrogens is 2. The van der Waals surface area contributed by atoms with Gasteiger partial charge in [0, 0.05) is 47.7 Å². The highest BCUT2D eigenvalue weighted by molar-refractivity contribution is 5.83. The highest BCUT2D eigenvalue weighted by atomic mass is 16.5. The van der Waals surface area contributed by atoms with E-state index in [1.807, 2.05) is 36.4 Å². The molecule has 0 spiro atoms. The highest BCUT2D eigenvalue weighted by Crippen LogP contribution is 2.40. The first-order chi connectivity index (χ1) is 19.1. The van der Waals surface area contributed by atoms with Gasteiger partial charge in [-0.05, 0) is 71.8 Å². The monoisotopic (exact) mass is 514 g/mol. The third kappa shape index (κ3) is 3.52. The molecule has 0 aliphatic carbocycles. The maximum atomic E-state index is 5.37. The van der Waals surface area contributed by atoms with Gasteiger partial charge in [-0.1, -0.05) is 0 Å². The average Bonchev–Trinajstić information content (AvgIpc) is 3.60. The van der Waals surface area contributed by atoms with E-state index in [2.05, 4.69) is 56.2 Å². The van der Waals surface area contributed by atoms with Gasteiger partial charge in [-0.2, -0.15) is 0 Å². The number of rotatable bonds is 4. The van der Waals surface area contributed by atoms with E-state index in [4.69, 9.17) is 19.4 Å². The number of nitrogens with zero attached hydrogens (tertiary/aromatic N) is 4. The fourth-order valence-electron chi connectivity index (χ4n) is 5.88. The van der Waals surface area contributed by atoms with Crippen LogP contribution in [0.5, 0.6) is 11.5 Å². The maximum Gasteiger partial charge on any atom is 0.138 e. The number of ether oxygens (including phenoxy) is 2. The van der Waals surface area contributed by atoms with E-state index in [9.17, 15) is 0 Å². The van der Waals surface area contributed by atoms with Crippen LogP contribution in [0.2, 0.25) is 0 Å². The Kier molecular flexibility index (Phi) is 4.67. The minimum absolute atomic E-state index is 0.818. The maximum absolute atomic E-state index is 5.37. The number of aromatic amines is 2. The van der Waals surface area contributed by atoms with Crippen molar-refractivity contribution < 1.29 is 9.47 Å². The molecule has 0 unspecified atom stereocenters. The van der Waals surface area contributed by atoms with E-state index in [0.29, 0.717) is 0 Å². The minimum atomic E-state index is 0.818. The van der Waals surface area contributed by atoms with E-state index in [0.717, 1.165) is 76.1 Å². The fraction of sp³-hybridized carbons (Fsp3) is 0.161. The average molecular weight is 515 g/mol. The molecular formula is C31H26N6O2. The number of imidazole rings is 2. The first-order valence-electron chi connectivity index (χ1n) is 13.0. The highest BCUT2D eigenvalue weighted by Gasteiger charge is 2.30. The molecule has 0 saturated heterocycles. The summed E-state index contributed by atoms with van der Waals surface area (Å²) in [5, 5.41) is 0. The van der Waals surface area contributed by atoms with Crippen molar-refractivity contribution in [3.05, 3.63) is 83.9 Å². The first-order valence-corrected chi connectivity index (χ1v) is 13.0. The van der Waals surface area contributed by atoms with Crippen LogP contribution in [-0.2, 0) is 13.1 Å². The molecule has 2 N–H and O–H groups in total. The summed E-state index contributed by atoms with van der Waals surface area (Å²) in [6.07, 6.45) is 0. The van der Waals surface area contributed by atoms with Crippen LogP contribution in [-0.4, -0.2) is 40.8 Å². The van der Waals surface area contributed by atoms with Crippen molar-refractivity contribution in [1.29, 1.82) is 0 Å². The Labute approximate surface area is 224 Å². The fourth-order valence-corrected chi connectivity index (χ4v) is 5.88. The van der Waals surface area contributed by atoms with E-state index < -0.39 is 0 Å². The van der Waals surface area contributed by atoms with Crippen molar-refractivity contribution in [2.45, 2.75) is 13.1 Å². The quantitative estimate of drug-likeness (QED) is 0.296. The van der Waals surface area contributed by atoms with Gasteiger partial charge in [0.05, 0.1) is 43.0 Å². The molecule has 192 valence electrons. The molecule has 2 aliphatic heterocycles. The third-order valence-corrected chi connectivity index (χ3v) is 7.83. The second-order valence-corrected chi connectivity index (χ2v) is 10.2. The summed E-state index contributed by atoms with van der Waals surface area (Å²) in [5.74, 6) is 3.38. The topological polar surface area (TPSA) is 82.3 Å². The molecule has 2 aliphatic rings. The Morgan fingerprint density at radius 3 is 1.56 bits per heavy atom. The molecule has 39 heavy (non-hydrogen) atoms. The normalized spacial score (nSPS) is 14.0. The number of hydrogen-bond donors (Lipinski definition) is 2. The third-order valence-electron chi connectivity index (χ3n) is 7.83. The predicted octanol–water partition coefficient (Wildman–Crippen LogP) is 6.09. The van der Waals surface area contributed by atoms with Gasteiger partial charge in [0.15, 0.2) is 0 Å². The summed E-state index contributed by atoms with van der Waals surface area (Å²) < 4.78 is 10.7. The van der Waals surface area contributed by atoms with Gasteiger partial charge in [-0.3, -0.25) is 0 Å². The molecule has 4 heterocycles. The second-order valence-electron chi connectivity index (χ2n) is 10.2. The van der Waals surface area contributed by atoms with Crippen LogP contribution in [0, 0.1) is 0 Å². The standard InChI is InChI=1S/C31H26N6O2/c1-38-22-5-7-24-26(13-22)34-30(32-24)18-3-9-28-20(11-18)15-36-17-37(28)16-21-12-19(4-10-29(21)36)31-33-25-8-6-23(39-2)14-27(25)35-31/h3-14H,15-17H2,1-2H3,(H,32,34)(H,33,35). The first kappa shape index (κ1) is 22.0. The SMILES string of the molecule is COc1ccc2nc(-c3ccc4c(c3)CN3CN4Cc4cc(-c5nc6ccc(OC)cc6[nH]5)ccc43)[nH]c2c1. The Balaban J connectivity index is 1.11. The molecule has 4 aromatic carbocycles. The van der Waals surface area contributed by atoms with Crippen LogP contribution in [0.15, 0.2) is 72.8 Å². The number of methoxy groups -OCH3 is 2. The van der Waals surface area contributed by atoms with E-state index in [-0.39, 0.29) is 0 Å². The van der Waals surface area contributed by atoms with Crippen LogP contribution >= 0.6 is 0 Å². The van der Waals surface area contributed by atoms with Crippen molar-refractivity contribution in [2.75, 3.05) is 30.7 Å². The Bertz CT molecular complexity index is 1770. The second kappa shape index (κ2) is 8.26. The molecular weight excluding hydrogens is 488 g/mol. The predicted molar refractivity (Wildman–Crippen MR) is 153 cm³/mol. The molecule has 0 fully saturated rings. The summed E-state index contributed by atoms with van der Waals surface area (Å²) in [7, 11) is 3.36. The number of aromatic nitrogens is 4. The zero-order chi connectivity index (χ0) is 26.1. The molecule has 0 atom stereocenters. The van der Waals surface area contributed by atoms with Crippen LogP contribution in [0.4, 0.5) is 11.4 Å². The summed E-state index contributed by atoms with van der Waals surface area (Å²) in [6, 6.07) is 25.2. The van der Waals surface area contributed by atoms with Crippen molar-refractivity contribution >= 4 is 33.4 Å². The number of fused-ring (bicyclic) bond motifs is 8. The summed E-state index contributed by atoms with van der Waals surface area (Å²) in [6.45, 7) is 2.59. The van der Waals surface area contributed by atoms with Gasteiger partial charge >= 0.3 is 0 Å². The van der Waals surface area contributed by atoms with Crippen LogP contribution in [0.25, 0.3) is 44.8 Å². The van der Waals surface area contributed by atoms with E-state index in [1.54, 1.807) is 14.2 Å². The Morgan fingerprint density at radius 1 is 0.615 bits per heavy atom. The molecule has 0 amide bonds. The van der Waals surface area contributed by atoms with Gasteiger partial charge in [0.25, 0.3) is 0 Å². The number of benzene rings is 4. The molecule has 0 saturated carbocycles. The summed E-state index contributed by atoms with van der Waals surface area (Å²) in [5.41, 5.74) is 11.1. The minimum Gasteiger partial charge on any atom is -0.497 e. The smallest absolute Gasteiger partial charge is 0.138 e. The lowest BCUT2D eigenvalue weighted by atomic mass is 9.98. The zero-order valence-corrected chi connectivity index (χ0v) is 21.7. The Morgan fingerprint density at radius 2 is 1.10 bits per heavy atom.